The summed E-state index contributed by atoms with van der Waals surface area (Å²) < 4.78 is 1.90. The van der Waals surface area contributed by atoms with E-state index in [9.17, 15) is 9.59 Å². The van der Waals surface area contributed by atoms with Crippen molar-refractivity contribution in [2.45, 2.75) is 76.9 Å². The van der Waals surface area contributed by atoms with Crippen molar-refractivity contribution in [1.29, 1.82) is 0 Å². The summed E-state index contributed by atoms with van der Waals surface area (Å²) in [5.74, 6) is 1.31. The van der Waals surface area contributed by atoms with Crippen LogP contribution in [0.15, 0.2) is 12.5 Å². The number of carbonyl (C=O) groups excluding carboxylic acids is 2. The van der Waals surface area contributed by atoms with Gasteiger partial charge in [0.25, 0.3) is 5.91 Å². The first-order chi connectivity index (χ1) is 13.1. The lowest BCUT2D eigenvalue weighted by atomic mass is 9.76. The van der Waals surface area contributed by atoms with E-state index in [1.54, 1.807) is 12.5 Å². The Morgan fingerprint density at radius 1 is 1.26 bits per heavy atom. The first-order valence-corrected chi connectivity index (χ1v) is 10.8. The van der Waals surface area contributed by atoms with Crippen molar-refractivity contribution in [2.24, 2.45) is 17.3 Å². The molecule has 1 aromatic rings. The van der Waals surface area contributed by atoms with Gasteiger partial charge < -0.3 is 14.8 Å². The summed E-state index contributed by atoms with van der Waals surface area (Å²) in [6.07, 6.45) is 13.1. The van der Waals surface area contributed by atoms with Gasteiger partial charge in [-0.15, -0.1) is 0 Å². The van der Waals surface area contributed by atoms with E-state index in [0.29, 0.717) is 23.4 Å². The fourth-order valence-corrected chi connectivity index (χ4v) is 5.81. The SMILES string of the molecule is CCn1cnc(C(=O)NC2C3CC2N(C(=O)C2(C4CCCCC4)CC2)C3)c1. The van der Waals surface area contributed by atoms with Crippen molar-refractivity contribution >= 4 is 11.8 Å². The van der Waals surface area contributed by atoms with Gasteiger partial charge in [-0.3, -0.25) is 9.59 Å². The second-order valence-electron chi connectivity index (χ2n) is 9.10. The number of rotatable bonds is 5. The van der Waals surface area contributed by atoms with Gasteiger partial charge in [0.2, 0.25) is 5.91 Å². The van der Waals surface area contributed by atoms with E-state index >= 15 is 0 Å². The molecule has 5 aliphatic rings. The van der Waals surface area contributed by atoms with Crippen LogP contribution in [0.4, 0.5) is 0 Å². The molecule has 1 aromatic heterocycles. The van der Waals surface area contributed by atoms with Crippen LogP contribution in [0, 0.1) is 17.3 Å². The number of nitrogens with one attached hydrogen (secondary N) is 1. The molecule has 6 heteroatoms. The molecule has 0 aromatic carbocycles. The van der Waals surface area contributed by atoms with E-state index in [1.165, 1.54) is 32.1 Å². The molecule has 1 N–H and O–H groups in total. The number of imidazole rings is 1. The summed E-state index contributed by atoms with van der Waals surface area (Å²) in [6, 6.07) is 0.302. The van der Waals surface area contributed by atoms with E-state index in [1.807, 2.05) is 11.5 Å². The molecule has 6 nitrogen and oxygen atoms in total. The van der Waals surface area contributed by atoms with Gasteiger partial charge in [-0.25, -0.2) is 4.98 Å². The number of amides is 2. The zero-order chi connectivity index (χ0) is 18.6. The zero-order valence-corrected chi connectivity index (χ0v) is 16.2. The minimum Gasteiger partial charge on any atom is -0.345 e. The average Bonchev–Trinajstić information content (AvgIpc) is 3.06. The zero-order valence-electron chi connectivity index (χ0n) is 16.2. The van der Waals surface area contributed by atoms with Gasteiger partial charge in [0.15, 0.2) is 0 Å². The second-order valence-corrected chi connectivity index (χ2v) is 9.10. The van der Waals surface area contributed by atoms with Crippen LogP contribution in [0.5, 0.6) is 0 Å². The third-order valence-corrected chi connectivity index (χ3v) is 7.69. The van der Waals surface area contributed by atoms with Crippen molar-refractivity contribution in [3.63, 3.8) is 0 Å². The molecule has 5 fully saturated rings. The van der Waals surface area contributed by atoms with Crippen LogP contribution in [-0.4, -0.2) is 44.9 Å². The van der Waals surface area contributed by atoms with Gasteiger partial charge >= 0.3 is 0 Å². The van der Waals surface area contributed by atoms with Crippen LogP contribution < -0.4 is 5.32 Å². The highest BCUT2D eigenvalue weighted by atomic mass is 16.2. The van der Waals surface area contributed by atoms with Crippen molar-refractivity contribution in [3.8, 4) is 0 Å². The maximum absolute atomic E-state index is 13.4. The molecule has 146 valence electrons. The molecule has 6 rings (SSSR count). The second kappa shape index (κ2) is 6.35. The number of hydrogen-bond acceptors (Lipinski definition) is 3. The van der Waals surface area contributed by atoms with E-state index in [2.05, 4.69) is 15.2 Å². The maximum atomic E-state index is 13.4. The molecule has 2 saturated heterocycles. The van der Waals surface area contributed by atoms with Gasteiger partial charge in [-0.1, -0.05) is 19.3 Å². The van der Waals surface area contributed by atoms with Crippen LogP contribution in [0.25, 0.3) is 0 Å². The van der Waals surface area contributed by atoms with Crippen molar-refractivity contribution in [2.75, 3.05) is 6.54 Å². The third-order valence-electron chi connectivity index (χ3n) is 7.69. The molecule has 0 spiro atoms. The Bertz CT molecular complexity index is 747. The van der Waals surface area contributed by atoms with Crippen LogP contribution in [0.3, 0.4) is 0 Å². The molecule has 2 aliphatic heterocycles. The molecule has 27 heavy (non-hydrogen) atoms. The Morgan fingerprint density at radius 3 is 2.70 bits per heavy atom. The number of fused-ring (bicyclic) bond motifs is 1. The topological polar surface area (TPSA) is 67.2 Å². The van der Waals surface area contributed by atoms with Crippen LogP contribution in [-0.2, 0) is 11.3 Å². The summed E-state index contributed by atoms with van der Waals surface area (Å²) in [5.41, 5.74) is 0.425. The first-order valence-electron chi connectivity index (χ1n) is 10.8. The third kappa shape index (κ3) is 2.71. The van der Waals surface area contributed by atoms with E-state index in [0.717, 1.165) is 32.4 Å². The largest absolute Gasteiger partial charge is 0.345 e. The van der Waals surface area contributed by atoms with Crippen LogP contribution >= 0.6 is 0 Å². The summed E-state index contributed by atoms with van der Waals surface area (Å²) in [7, 11) is 0. The molecular formula is C21H30N4O2. The van der Waals surface area contributed by atoms with Crippen molar-refractivity contribution in [3.05, 3.63) is 18.2 Å². The lowest BCUT2D eigenvalue weighted by Crippen LogP contribution is -2.56. The minimum atomic E-state index is -0.107. The Hall–Kier alpha value is -1.85. The van der Waals surface area contributed by atoms with Gasteiger partial charge in [-0.2, -0.15) is 0 Å². The molecule has 2 amide bonds. The monoisotopic (exact) mass is 370 g/mol. The summed E-state index contributed by atoms with van der Waals surface area (Å²) in [6.45, 7) is 3.66. The summed E-state index contributed by atoms with van der Waals surface area (Å²) in [4.78, 5) is 32.3. The lowest BCUT2D eigenvalue weighted by Gasteiger charge is -2.39. The Morgan fingerprint density at radius 2 is 2.04 bits per heavy atom. The maximum Gasteiger partial charge on any atom is 0.271 e. The molecule has 3 saturated carbocycles. The number of hydrogen-bond donors (Lipinski definition) is 1. The number of nitrogens with zero attached hydrogens (tertiary/aromatic N) is 3. The van der Waals surface area contributed by atoms with E-state index in [4.69, 9.17) is 0 Å². The quantitative estimate of drug-likeness (QED) is 0.866. The molecule has 2 bridgehead atoms. The Kier molecular flexibility index (Phi) is 4.06. The van der Waals surface area contributed by atoms with Gasteiger partial charge in [-0.05, 0) is 44.9 Å². The predicted molar refractivity (Wildman–Crippen MR) is 101 cm³/mol. The first kappa shape index (κ1) is 17.3. The number of aryl methyl sites for hydroxylation is 1. The normalized spacial score (nSPS) is 31.4. The minimum absolute atomic E-state index is 0.0492. The highest BCUT2D eigenvalue weighted by Crippen LogP contribution is 2.59. The molecule has 3 aliphatic carbocycles. The van der Waals surface area contributed by atoms with Crippen LogP contribution in [0.1, 0.15) is 68.8 Å². The molecule has 3 heterocycles. The van der Waals surface area contributed by atoms with Crippen LogP contribution in [0.2, 0.25) is 0 Å². The molecular weight excluding hydrogens is 340 g/mol. The smallest absolute Gasteiger partial charge is 0.271 e. The fraction of sp³-hybridized carbons (Fsp3) is 0.762. The molecule has 3 unspecified atom stereocenters. The van der Waals surface area contributed by atoms with Gasteiger partial charge in [0.1, 0.15) is 5.69 Å². The molecule has 0 radical (unpaired) electrons. The van der Waals surface area contributed by atoms with Crippen molar-refractivity contribution in [1.82, 2.24) is 19.8 Å². The summed E-state index contributed by atoms with van der Waals surface area (Å²) in [5, 5.41) is 3.16. The molecule has 3 atom stereocenters. The Labute approximate surface area is 160 Å². The highest BCUT2D eigenvalue weighted by molar-refractivity contribution is 5.93. The average molecular weight is 370 g/mol. The lowest BCUT2D eigenvalue weighted by molar-refractivity contribution is -0.140. The van der Waals surface area contributed by atoms with Gasteiger partial charge in [0, 0.05) is 25.2 Å². The summed E-state index contributed by atoms with van der Waals surface area (Å²) >= 11 is 0. The highest BCUT2D eigenvalue weighted by Gasteiger charge is 2.62. The van der Waals surface area contributed by atoms with Crippen molar-refractivity contribution < 1.29 is 9.59 Å². The fourth-order valence-electron chi connectivity index (χ4n) is 5.81. The van der Waals surface area contributed by atoms with E-state index in [-0.39, 0.29) is 23.4 Å². The predicted octanol–water partition coefficient (Wildman–Crippen LogP) is 2.59. The number of aromatic nitrogens is 2. The number of carbonyl (C=O) groups is 2. The Balaban J connectivity index is 1.24. The standard InChI is InChI=1S/C21H30N4O2/c1-2-24-12-16(22-13-24)19(26)23-18-14-10-17(18)25(11-14)20(27)21(8-9-21)15-6-4-3-5-7-15/h12-15,17-18H,2-11H2,1H3,(H,23,26). The van der Waals surface area contributed by atoms with E-state index < -0.39 is 0 Å². The van der Waals surface area contributed by atoms with Gasteiger partial charge in [0.05, 0.1) is 23.8 Å².